The second-order valence-corrected chi connectivity index (χ2v) is 5.45. The molecule has 1 amide bonds. The Morgan fingerprint density at radius 2 is 2.06 bits per heavy atom. The van der Waals surface area contributed by atoms with Gasteiger partial charge in [-0.2, -0.15) is 0 Å². The molecule has 1 unspecified atom stereocenters. The molecule has 0 saturated heterocycles. The minimum Gasteiger partial charge on any atom is -0.348 e. The summed E-state index contributed by atoms with van der Waals surface area (Å²) >= 11 is 0. The van der Waals surface area contributed by atoms with Crippen molar-refractivity contribution in [1.29, 1.82) is 0 Å². The number of halogens is 1. The number of nitrogens with one attached hydrogen (secondary N) is 2. The first-order valence-electron chi connectivity index (χ1n) is 6.08. The normalized spacial score (nSPS) is 13.2. The highest BCUT2D eigenvalue weighted by Gasteiger charge is 2.13. The van der Waals surface area contributed by atoms with E-state index in [1.54, 1.807) is 12.1 Å². The summed E-state index contributed by atoms with van der Waals surface area (Å²) in [6, 6.07) is 6.06. The molecule has 1 rings (SSSR count). The molecule has 3 nitrogen and oxygen atoms in total. The van der Waals surface area contributed by atoms with Gasteiger partial charge in [-0.3, -0.25) is 4.79 Å². The van der Waals surface area contributed by atoms with E-state index in [0.29, 0.717) is 0 Å². The van der Waals surface area contributed by atoms with E-state index >= 15 is 0 Å². The molecular weight excluding hydrogens is 231 g/mol. The molecule has 0 aromatic heterocycles. The van der Waals surface area contributed by atoms with Gasteiger partial charge in [0.15, 0.2) is 0 Å². The summed E-state index contributed by atoms with van der Waals surface area (Å²) in [5.74, 6) is -0.386. The van der Waals surface area contributed by atoms with Crippen molar-refractivity contribution < 1.29 is 9.18 Å². The van der Waals surface area contributed by atoms with Crippen LogP contribution < -0.4 is 10.6 Å². The highest BCUT2D eigenvalue weighted by molar-refractivity contribution is 5.78. The highest BCUT2D eigenvalue weighted by atomic mass is 19.1. The zero-order valence-electron chi connectivity index (χ0n) is 11.4. The molecule has 0 radical (unpaired) electrons. The zero-order chi connectivity index (χ0) is 13.8. The van der Waals surface area contributed by atoms with Gasteiger partial charge < -0.3 is 10.6 Å². The topological polar surface area (TPSA) is 41.1 Å². The quantitative estimate of drug-likeness (QED) is 0.864. The van der Waals surface area contributed by atoms with Crippen LogP contribution in [0.3, 0.4) is 0 Å². The van der Waals surface area contributed by atoms with Gasteiger partial charge in [-0.05, 0) is 45.4 Å². The Labute approximate surface area is 108 Å². The number of carbonyl (C=O) groups is 1. The van der Waals surface area contributed by atoms with Crippen molar-refractivity contribution in [3.05, 3.63) is 35.6 Å². The molecule has 1 aromatic rings. The minimum absolute atomic E-state index is 0.0957. The van der Waals surface area contributed by atoms with Crippen molar-refractivity contribution in [3.63, 3.8) is 0 Å². The lowest BCUT2D eigenvalue weighted by atomic mass is 10.1. The van der Waals surface area contributed by atoms with Gasteiger partial charge in [0, 0.05) is 5.54 Å². The van der Waals surface area contributed by atoms with Crippen LogP contribution in [-0.4, -0.2) is 18.0 Å². The number of amides is 1. The first-order chi connectivity index (χ1) is 8.28. The average Bonchev–Trinajstić information content (AvgIpc) is 2.25. The smallest absolute Gasteiger partial charge is 0.234 e. The van der Waals surface area contributed by atoms with Crippen molar-refractivity contribution in [2.24, 2.45) is 0 Å². The van der Waals surface area contributed by atoms with Crippen LogP contribution in [0.5, 0.6) is 0 Å². The van der Waals surface area contributed by atoms with Crippen LogP contribution in [0.15, 0.2) is 24.3 Å². The van der Waals surface area contributed by atoms with E-state index in [1.165, 1.54) is 12.1 Å². The number of hydrogen-bond donors (Lipinski definition) is 2. The average molecular weight is 252 g/mol. The number of benzene rings is 1. The standard InChI is InChI=1S/C14H21FN2O/c1-10(11-6-5-7-12(15)8-11)17-13(18)9-16-14(2,3)4/h5-8,10,16H,9H2,1-4H3,(H,17,18). The molecular formula is C14H21FN2O. The molecule has 100 valence electrons. The minimum atomic E-state index is -0.290. The van der Waals surface area contributed by atoms with Gasteiger partial charge in [0.2, 0.25) is 5.91 Å². The van der Waals surface area contributed by atoms with Crippen molar-refractivity contribution in [3.8, 4) is 0 Å². The third kappa shape index (κ3) is 5.27. The fourth-order valence-corrected chi connectivity index (χ4v) is 1.50. The third-order valence-electron chi connectivity index (χ3n) is 2.51. The predicted octanol–water partition coefficient (Wildman–Crippen LogP) is 2.39. The van der Waals surface area contributed by atoms with Crippen LogP contribution in [0.2, 0.25) is 0 Å². The zero-order valence-corrected chi connectivity index (χ0v) is 11.4. The Balaban J connectivity index is 2.50. The van der Waals surface area contributed by atoms with E-state index in [-0.39, 0.29) is 29.8 Å². The van der Waals surface area contributed by atoms with E-state index < -0.39 is 0 Å². The van der Waals surface area contributed by atoms with Gasteiger partial charge >= 0.3 is 0 Å². The van der Waals surface area contributed by atoms with E-state index in [2.05, 4.69) is 10.6 Å². The van der Waals surface area contributed by atoms with Gasteiger partial charge in [0.05, 0.1) is 12.6 Å². The summed E-state index contributed by atoms with van der Waals surface area (Å²) < 4.78 is 13.0. The van der Waals surface area contributed by atoms with Crippen LogP contribution in [-0.2, 0) is 4.79 Å². The Morgan fingerprint density at radius 3 is 2.61 bits per heavy atom. The summed E-state index contributed by atoms with van der Waals surface area (Å²) in [7, 11) is 0. The van der Waals surface area contributed by atoms with Gasteiger partial charge in [0.1, 0.15) is 5.82 Å². The van der Waals surface area contributed by atoms with E-state index in [9.17, 15) is 9.18 Å². The summed E-state index contributed by atoms with van der Waals surface area (Å²) in [6.45, 7) is 8.08. The van der Waals surface area contributed by atoms with Crippen molar-refractivity contribution in [1.82, 2.24) is 10.6 Å². The molecule has 0 aliphatic heterocycles. The largest absolute Gasteiger partial charge is 0.348 e. The predicted molar refractivity (Wildman–Crippen MR) is 70.7 cm³/mol. The molecule has 0 spiro atoms. The van der Waals surface area contributed by atoms with E-state index in [1.807, 2.05) is 27.7 Å². The third-order valence-corrected chi connectivity index (χ3v) is 2.51. The van der Waals surface area contributed by atoms with Crippen LogP contribution in [0.25, 0.3) is 0 Å². The number of carbonyl (C=O) groups excluding carboxylic acids is 1. The van der Waals surface area contributed by atoms with Crippen molar-refractivity contribution >= 4 is 5.91 Å². The molecule has 1 aromatic carbocycles. The molecule has 2 N–H and O–H groups in total. The fraction of sp³-hybridized carbons (Fsp3) is 0.500. The lowest BCUT2D eigenvalue weighted by Crippen LogP contribution is -2.43. The maximum Gasteiger partial charge on any atom is 0.234 e. The van der Waals surface area contributed by atoms with Gasteiger partial charge in [0.25, 0.3) is 0 Å². The Morgan fingerprint density at radius 1 is 1.39 bits per heavy atom. The Hall–Kier alpha value is -1.42. The summed E-state index contributed by atoms with van der Waals surface area (Å²) in [4.78, 5) is 11.7. The first-order valence-corrected chi connectivity index (χ1v) is 6.08. The van der Waals surface area contributed by atoms with Crippen LogP contribution in [0.4, 0.5) is 4.39 Å². The lowest BCUT2D eigenvalue weighted by Gasteiger charge is -2.21. The van der Waals surface area contributed by atoms with Crippen molar-refractivity contribution in [2.45, 2.75) is 39.3 Å². The molecule has 0 aliphatic carbocycles. The maximum atomic E-state index is 13.0. The van der Waals surface area contributed by atoms with Gasteiger partial charge in [-0.25, -0.2) is 4.39 Å². The SMILES string of the molecule is CC(NC(=O)CNC(C)(C)C)c1cccc(F)c1. The Bertz CT molecular complexity index is 413. The monoisotopic (exact) mass is 252 g/mol. The highest BCUT2D eigenvalue weighted by Crippen LogP contribution is 2.13. The van der Waals surface area contributed by atoms with Crippen LogP contribution >= 0.6 is 0 Å². The van der Waals surface area contributed by atoms with E-state index in [4.69, 9.17) is 0 Å². The fourth-order valence-electron chi connectivity index (χ4n) is 1.50. The Kier molecular flexibility index (Phi) is 4.84. The molecule has 1 atom stereocenters. The summed E-state index contributed by atoms with van der Waals surface area (Å²) in [6.07, 6.45) is 0. The number of hydrogen-bond acceptors (Lipinski definition) is 2. The second kappa shape index (κ2) is 5.96. The van der Waals surface area contributed by atoms with Crippen LogP contribution in [0.1, 0.15) is 39.3 Å². The van der Waals surface area contributed by atoms with E-state index in [0.717, 1.165) is 5.56 Å². The molecule has 0 aliphatic rings. The van der Waals surface area contributed by atoms with Gasteiger partial charge in [-0.1, -0.05) is 12.1 Å². The first kappa shape index (κ1) is 14.6. The number of rotatable bonds is 4. The molecule has 4 heteroatoms. The molecule has 0 bridgehead atoms. The molecule has 0 saturated carbocycles. The van der Waals surface area contributed by atoms with Crippen LogP contribution in [0, 0.1) is 5.82 Å². The summed E-state index contributed by atoms with van der Waals surface area (Å²) in [5, 5.41) is 5.93. The molecule has 0 fully saturated rings. The summed E-state index contributed by atoms with van der Waals surface area (Å²) in [5.41, 5.74) is 0.665. The van der Waals surface area contributed by atoms with Crippen molar-refractivity contribution in [2.75, 3.05) is 6.54 Å². The molecule has 0 heterocycles. The van der Waals surface area contributed by atoms with Gasteiger partial charge in [-0.15, -0.1) is 0 Å². The lowest BCUT2D eigenvalue weighted by molar-refractivity contribution is -0.121. The molecule has 18 heavy (non-hydrogen) atoms. The maximum absolute atomic E-state index is 13.0. The second-order valence-electron chi connectivity index (χ2n) is 5.45.